The van der Waals surface area contributed by atoms with Gasteiger partial charge in [0.15, 0.2) is 0 Å². The lowest BCUT2D eigenvalue weighted by Gasteiger charge is -2.16. The van der Waals surface area contributed by atoms with Gasteiger partial charge in [-0.2, -0.15) is 0 Å². The first-order valence-corrected chi connectivity index (χ1v) is 6.40. The third-order valence-electron chi connectivity index (χ3n) is 2.02. The van der Waals surface area contributed by atoms with E-state index in [1.165, 1.54) is 11.8 Å². The molecule has 2 nitrogen and oxygen atoms in total. The Morgan fingerprint density at radius 2 is 2.00 bits per heavy atom. The first kappa shape index (κ1) is 13.7. The molecule has 0 saturated carbocycles. The summed E-state index contributed by atoms with van der Waals surface area (Å²) >= 11 is 13.1. The van der Waals surface area contributed by atoms with E-state index in [0.717, 1.165) is 0 Å². The normalized spacial score (nSPS) is 12.8. The highest BCUT2D eigenvalue weighted by Gasteiger charge is 2.23. The average molecular weight is 279 g/mol. The van der Waals surface area contributed by atoms with E-state index < -0.39 is 11.2 Å². The van der Waals surface area contributed by atoms with E-state index >= 15 is 0 Å². The second-order valence-corrected chi connectivity index (χ2v) is 5.64. The molecule has 0 heterocycles. The maximum atomic E-state index is 11.0. The number of halogens is 2. The van der Waals surface area contributed by atoms with Gasteiger partial charge in [0.05, 0.1) is 10.0 Å². The second kappa shape index (κ2) is 5.80. The zero-order valence-corrected chi connectivity index (χ0v) is 11.2. The Balaban J connectivity index is 2.94. The Labute approximate surface area is 109 Å². The van der Waals surface area contributed by atoms with Gasteiger partial charge in [-0.1, -0.05) is 43.1 Å². The fraction of sp³-hybridized carbons (Fsp3) is 0.364. The van der Waals surface area contributed by atoms with E-state index in [4.69, 9.17) is 28.3 Å². The van der Waals surface area contributed by atoms with E-state index in [1.54, 1.807) is 18.2 Å². The lowest BCUT2D eigenvalue weighted by atomic mass is 10.1. The fourth-order valence-electron chi connectivity index (χ4n) is 1.18. The summed E-state index contributed by atoms with van der Waals surface area (Å²) in [6.07, 6.45) is 0. The molecule has 0 aliphatic carbocycles. The standard InChI is InChI=1S/C11H12Cl2O2S/c1-6(2)10(11(14)15)16-8-5-3-4-7(12)9(8)13/h3-6,10H,1-2H3,(H,14,15). The summed E-state index contributed by atoms with van der Waals surface area (Å²) in [5.41, 5.74) is 0. The monoisotopic (exact) mass is 278 g/mol. The summed E-state index contributed by atoms with van der Waals surface area (Å²) < 4.78 is 0. The molecule has 1 rings (SSSR count). The number of carbonyl (C=O) groups is 1. The molecule has 0 fully saturated rings. The molecule has 0 amide bonds. The molecule has 1 aromatic carbocycles. The third-order valence-corrected chi connectivity index (χ3v) is 4.54. The zero-order chi connectivity index (χ0) is 12.3. The van der Waals surface area contributed by atoms with Gasteiger partial charge >= 0.3 is 5.97 Å². The summed E-state index contributed by atoms with van der Waals surface area (Å²) in [4.78, 5) is 11.7. The van der Waals surface area contributed by atoms with Crippen LogP contribution in [-0.2, 0) is 4.79 Å². The Morgan fingerprint density at radius 3 is 2.50 bits per heavy atom. The minimum atomic E-state index is -0.837. The minimum absolute atomic E-state index is 0.0255. The summed E-state index contributed by atoms with van der Waals surface area (Å²) in [5, 5.41) is 9.41. The van der Waals surface area contributed by atoms with Gasteiger partial charge in [0.2, 0.25) is 0 Å². The van der Waals surface area contributed by atoms with Crippen LogP contribution in [0.5, 0.6) is 0 Å². The van der Waals surface area contributed by atoms with Crippen molar-refractivity contribution in [1.29, 1.82) is 0 Å². The predicted octanol–water partition coefficient (Wildman–Crippen LogP) is 4.19. The molecular weight excluding hydrogens is 267 g/mol. The van der Waals surface area contributed by atoms with E-state index in [0.29, 0.717) is 14.9 Å². The molecule has 16 heavy (non-hydrogen) atoms. The summed E-state index contributed by atoms with van der Waals surface area (Å²) in [5.74, 6) is -0.811. The third kappa shape index (κ3) is 3.30. The molecule has 1 unspecified atom stereocenters. The number of benzene rings is 1. The van der Waals surface area contributed by atoms with E-state index in [1.807, 2.05) is 13.8 Å². The van der Waals surface area contributed by atoms with Crippen LogP contribution in [0.1, 0.15) is 13.8 Å². The van der Waals surface area contributed by atoms with E-state index in [9.17, 15) is 4.79 Å². The molecule has 0 radical (unpaired) electrons. The van der Waals surface area contributed by atoms with Crippen molar-refractivity contribution < 1.29 is 9.90 Å². The molecule has 1 N–H and O–H groups in total. The van der Waals surface area contributed by atoms with Crippen molar-refractivity contribution in [2.24, 2.45) is 5.92 Å². The van der Waals surface area contributed by atoms with E-state index in [-0.39, 0.29) is 5.92 Å². The number of aliphatic carboxylic acids is 1. The van der Waals surface area contributed by atoms with Gasteiger partial charge < -0.3 is 5.11 Å². The molecule has 1 atom stereocenters. The molecular formula is C11H12Cl2O2S. The van der Waals surface area contributed by atoms with Crippen LogP contribution in [0.4, 0.5) is 0 Å². The zero-order valence-electron chi connectivity index (χ0n) is 8.91. The number of rotatable bonds is 4. The van der Waals surface area contributed by atoms with Crippen molar-refractivity contribution in [3.8, 4) is 0 Å². The number of carboxylic acids is 1. The molecule has 0 bridgehead atoms. The summed E-state index contributed by atoms with van der Waals surface area (Å²) in [6, 6.07) is 5.21. The molecule has 88 valence electrons. The maximum absolute atomic E-state index is 11.0. The van der Waals surface area contributed by atoms with Crippen LogP contribution in [0.25, 0.3) is 0 Å². The van der Waals surface area contributed by atoms with Crippen molar-refractivity contribution in [3.63, 3.8) is 0 Å². The van der Waals surface area contributed by atoms with Gasteiger partial charge in [-0.05, 0) is 18.1 Å². The Bertz CT molecular complexity index is 394. The van der Waals surface area contributed by atoms with Crippen molar-refractivity contribution >= 4 is 40.9 Å². The molecule has 0 saturated heterocycles. The molecule has 0 aliphatic heterocycles. The smallest absolute Gasteiger partial charge is 0.317 e. The van der Waals surface area contributed by atoms with Crippen LogP contribution >= 0.6 is 35.0 Å². The molecule has 1 aromatic rings. The predicted molar refractivity (Wildman–Crippen MR) is 68.6 cm³/mol. The SMILES string of the molecule is CC(C)C(Sc1cccc(Cl)c1Cl)C(=O)O. The van der Waals surface area contributed by atoms with Crippen LogP contribution in [0.15, 0.2) is 23.1 Å². The highest BCUT2D eigenvalue weighted by molar-refractivity contribution is 8.00. The van der Waals surface area contributed by atoms with Gasteiger partial charge in [0.1, 0.15) is 5.25 Å². The second-order valence-electron chi connectivity index (χ2n) is 3.67. The highest BCUT2D eigenvalue weighted by Crippen LogP contribution is 2.37. The first-order chi connectivity index (χ1) is 7.43. The van der Waals surface area contributed by atoms with Gasteiger partial charge in [0, 0.05) is 4.90 Å². The van der Waals surface area contributed by atoms with Crippen LogP contribution in [0.3, 0.4) is 0 Å². The fourth-order valence-corrected chi connectivity index (χ4v) is 2.69. The number of thioether (sulfide) groups is 1. The van der Waals surface area contributed by atoms with Crippen molar-refractivity contribution in [2.75, 3.05) is 0 Å². The average Bonchev–Trinajstić information content (AvgIpc) is 2.19. The van der Waals surface area contributed by atoms with Gasteiger partial charge in [-0.15, -0.1) is 11.8 Å². The first-order valence-electron chi connectivity index (χ1n) is 4.77. The summed E-state index contributed by atoms with van der Waals surface area (Å²) in [6.45, 7) is 3.73. The van der Waals surface area contributed by atoms with Crippen LogP contribution in [0.2, 0.25) is 10.0 Å². The topological polar surface area (TPSA) is 37.3 Å². The Morgan fingerprint density at radius 1 is 1.38 bits per heavy atom. The highest BCUT2D eigenvalue weighted by atomic mass is 35.5. The molecule has 0 aromatic heterocycles. The van der Waals surface area contributed by atoms with Crippen molar-refractivity contribution in [2.45, 2.75) is 24.0 Å². The van der Waals surface area contributed by atoms with Gasteiger partial charge in [-0.25, -0.2) is 0 Å². The van der Waals surface area contributed by atoms with E-state index in [2.05, 4.69) is 0 Å². The molecule has 0 spiro atoms. The number of hydrogen-bond donors (Lipinski definition) is 1. The quantitative estimate of drug-likeness (QED) is 0.839. The van der Waals surface area contributed by atoms with Gasteiger partial charge in [-0.3, -0.25) is 4.79 Å². The Hall–Kier alpha value is -0.380. The minimum Gasteiger partial charge on any atom is -0.480 e. The van der Waals surface area contributed by atoms with Crippen LogP contribution in [-0.4, -0.2) is 16.3 Å². The molecule has 0 aliphatic rings. The van der Waals surface area contributed by atoms with Crippen molar-refractivity contribution in [1.82, 2.24) is 0 Å². The summed E-state index contributed by atoms with van der Waals surface area (Å²) in [7, 11) is 0. The largest absolute Gasteiger partial charge is 0.480 e. The lowest BCUT2D eigenvalue weighted by molar-refractivity contribution is -0.137. The number of hydrogen-bond acceptors (Lipinski definition) is 2. The van der Waals surface area contributed by atoms with Crippen LogP contribution in [0, 0.1) is 5.92 Å². The lowest BCUT2D eigenvalue weighted by Crippen LogP contribution is -2.22. The van der Waals surface area contributed by atoms with Crippen molar-refractivity contribution in [3.05, 3.63) is 28.2 Å². The number of carboxylic acid groups (broad SMARTS) is 1. The van der Waals surface area contributed by atoms with Crippen LogP contribution < -0.4 is 0 Å². The molecule has 5 heteroatoms. The maximum Gasteiger partial charge on any atom is 0.317 e. The Kier molecular flexibility index (Phi) is 4.96. The van der Waals surface area contributed by atoms with Gasteiger partial charge in [0.25, 0.3) is 0 Å².